The number of benzene rings is 2. The Kier molecular flexibility index (Phi) is 5.71. The third-order valence-electron chi connectivity index (χ3n) is 4.21. The average molecular weight is 363 g/mol. The van der Waals surface area contributed by atoms with Crippen LogP contribution in [0.25, 0.3) is 17.0 Å². The fraction of sp³-hybridized carbons (Fsp3) is 0.182. The largest absolute Gasteiger partial charge is 0.497 e. The molecule has 1 aromatic heterocycles. The molecule has 0 amide bonds. The molecule has 3 rings (SSSR count). The van der Waals surface area contributed by atoms with E-state index in [0.717, 1.165) is 27.8 Å². The molecule has 5 nitrogen and oxygen atoms in total. The first-order valence-electron chi connectivity index (χ1n) is 8.72. The number of carbonyl (C=O) groups is 1. The van der Waals surface area contributed by atoms with Crippen molar-refractivity contribution in [3.05, 3.63) is 82.2 Å². The number of hydrogen-bond acceptors (Lipinski definition) is 4. The number of nitrogens with zero attached hydrogens (tertiary/aromatic N) is 1. The van der Waals surface area contributed by atoms with Crippen LogP contribution in [0.5, 0.6) is 5.75 Å². The van der Waals surface area contributed by atoms with Crippen LogP contribution in [0.15, 0.2) is 65.5 Å². The normalized spacial score (nSPS) is 11.0. The second kappa shape index (κ2) is 8.36. The first-order valence-corrected chi connectivity index (χ1v) is 8.72. The quantitative estimate of drug-likeness (QED) is 0.496. The topological polar surface area (TPSA) is 57.5 Å². The Hall–Kier alpha value is -3.34. The zero-order valence-electron chi connectivity index (χ0n) is 15.3. The highest BCUT2D eigenvalue weighted by Gasteiger charge is 2.05. The lowest BCUT2D eigenvalue weighted by molar-refractivity contribution is -0.137. The summed E-state index contributed by atoms with van der Waals surface area (Å²) in [7, 11) is 1.62. The summed E-state index contributed by atoms with van der Waals surface area (Å²) in [6, 6.07) is 16.7. The Morgan fingerprint density at radius 3 is 2.56 bits per heavy atom. The van der Waals surface area contributed by atoms with Gasteiger partial charge in [-0.25, -0.2) is 4.79 Å². The first kappa shape index (κ1) is 18.5. The van der Waals surface area contributed by atoms with Gasteiger partial charge in [0.15, 0.2) is 0 Å². The average Bonchev–Trinajstić information content (AvgIpc) is 2.69. The molecule has 3 aromatic rings. The molecule has 0 aliphatic carbocycles. The van der Waals surface area contributed by atoms with Crippen LogP contribution in [-0.2, 0) is 16.1 Å². The molecule has 0 fully saturated rings. The lowest BCUT2D eigenvalue weighted by Crippen LogP contribution is -2.19. The van der Waals surface area contributed by atoms with Crippen LogP contribution in [0.1, 0.15) is 18.1 Å². The molecule has 0 saturated heterocycles. The van der Waals surface area contributed by atoms with E-state index < -0.39 is 0 Å². The molecule has 0 saturated carbocycles. The Morgan fingerprint density at radius 1 is 1.07 bits per heavy atom. The smallest absolute Gasteiger partial charge is 0.330 e. The van der Waals surface area contributed by atoms with Gasteiger partial charge in [0.25, 0.3) is 5.56 Å². The Morgan fingerprint density at radius 2 is 1.85 bits per heavy atom. The van der Waals surface area contributed by atoms with Crippen molar-refractivity contribution >= 4 is 22.9 Å². The highest BCUT2D eigenvalue weighted by Crippen LogP contribution is 2.18. The van der Waals surface area contributed by atoms with E-state index in [9.17, 15) is 9.59 Å². The minimum atomic E-state index is -0.373. The van der Waals surface area contributed by atoms with E-state index >= 15 is 0 Å². The molecule has 0 N–H and O–H groups in total. The van der Waals surface area contributed by atoms with Gasteiger partial charge >= 0.3 is 5.97 Å². The molecule has 138 valence electrons. The molecule has 1 heterocycles. The van der Waals surface area contributed by atoms with Crippen LogP contribution >= 0.6 is 0 Å². The Balaban J connectivity index is 1.92. The number of methoxy groups -OCH3 is 1. The van der Waals surface area contributed by atoms with Crippen molar-refractivity contribution in [1.29, 1.82) is 0 Å². The van der Waals surface area contributed by atoms with Gasteiger partial charge in [0, 0.05) is 12.1 Å². The molecule has 27 heavy (non-hydrogen) atoms. The maximum atomic E-state index is 12.4. The number of hydrogen-bond donors (Lipinski definition) is 0. The molecule has 0 spiro atoms. The van der Waals surface area contributed by atoms with Gasteiger partial charge in [-0.15, -0.1) is 0 Å². The van der Waals surface area contributed by atoms with E-state index in [1.807, 2.05) is 42.5 Å². The number of aromatic nitrogens is 1. The maximum absolute atomic E-state index is 12.4. The summed E-state index contributed by atoms with van der Waals surface area (Å²) >= 11 is 0. The van der Waals surface area contributed by atoms with Gasteiger partial charge in [-0.3, -0.25) is 4.79 Å². The minimum Gasteiger partial charge on any atom is -0.497 e. The van der Waals surface area contributed by atoms with Crippen LogP contribution in [0.3, 0.4) is 0 Å². The molecule has 0 aliphatic rings. The van der Waals surface area contributed by atoms with Crippen LogP contribution in [0, 0.1) is 0 Å². The number of pyridine rings is 1. The number of fused-ring (bicyclic) bond motifs is 1. The van der Waals surface area contributed by atoms with E-state index in [2.05, 4.69) is 0 Å². The van der Waals surface area contributed by atoms with Gasteiger partial charge in [0.1, 0.15) is 5.75 Å². The zero-order chi connectivity index (χ0) is 19.2. The summed E-state index contributed by atoms with van der Waals surface area (Å²) in [5, 5.41) is 0.925. The number of rotatable bonds is 6. The second-order valence-corrected chi connectivity index (χ2v) is 6.01. The maximum Gasteiger partial charge on any atom is 0.330 e. The van der Waals surface area contributed by atoms with E-state index in [-0.39, 0.29) is 11.5 Å². The van der Waals surface area contributed by atoms with Gasteiger partial charge in [0.2, 0.25) is 0 Å². The highest BCUT2D eigenvalue weighted by atomic mass is 16.5. The van der Waals surface area contributed by atoms with Crippen molar-refractivity contribution in [2.45, 2.75) is 13.5 Å². The lowest BCUT2D eigenvalue weighted by atomic mass is 10.1. The summed E-state index contributed by atoms with van der Waals surface area (Å²) in [5.41, 5.74) is 2.65. The van der Waals surface area contributed by atoms with E-state index in [1.165, 1.54) is 6.08 Å². The highest BCUT2D eigenvalue weighted by molar-refractivity contribution is 5.88. The summed E-state index contributed by atoms with van der Waals surface area (Å²) in [4.78, 5) is 23.9. The van der Waals surface area contributed by atoms with E-state index in [0.29, 0.717) is 13.2 Å². The summed E-state index contributed by atoms with van der Waals surface area (Å²) in [6.45, 7) is 2.58. The van der Waals surface area contributed by atoms with Crippen molar-refractivity contribution < 1.29 is 14.3 Å². The van der Waals surface area contributed by atoms with Gasteiger partial charge < -0.3 is 14.0 Å². The first-order chi connectivity index (χ1) is 13.1. The third-order valence-corrected chi connectivity index (χ3v) is 4.21. The molecule has 0 radical (unpaired) electrons. The monoisotopic (exact) mass is 363 g/mol. The van der Waals surface area contributed by atoms with Crippen LogP contribution < -0.4 is 10.3 Å². The van der Waals surface area contributed by atoms with Crippen molar-refractivity contribution in [3.63, 3.8) is 0 Å². The number of esters is 1. The van der Waals surface area contributed by atoms with Gasteiger partial charge in [-0.2, -0.15) is 0 Å². The predicted octanol–water partition coefficient (Wildman–Crippen LogP) is 3.63. The number of ether oxygens (including phenoxy) is 2. The summed E-state index contributed by atoms with van der Waals surface area (Å²) in [5.74, 6) is 0.407. The molecule has 0 bridgehead atoms. The molecule has 2 aromatic carbocycles. The van der Waals surface area contributed by atoms with Gasteiger partial charge in [-0.05, 0) is 59.8 Å². The Labute approximate surface area is 157 Å². The predicted molar refractivity (Wildman–Crippen MR) is 106 cm³/mol. The van der Waals surface area contributed by atoms with Gasteiger partial charge in [0.05, 0.1) is 25.8 Å². The fourth-order valence-electron chi connectivity index (χ4n) is 2.86. The third kappa shape index (κ3) is 4.44. The van der Waals surface area contributed by atoms with Crippen molar-refractivity contribution in [2.24, 2.45) is 0 Å². The van der Waals surface area contributed by atoms with Gasteiger partial charge in [-0.1, -0.05) is 18.2 Å². The summed E-state index contributed by atoms with van der Waals surface area (Å²) < 4.78 is 11.8. The molecular formula is C22H21NO4. The SMILES string of the molecule is CCOC(=O)/C=C/c1ccc2c(ccc(=O)n2Cc2ccc(OC)cc2)c1. The molecule has 5 heteroatoms. The molecule has 0 aliphatic heterocycles. The van der Waals surface area contributed by atoms with Crippen molar-refractivity contribution in [3.8, 4) is 5.75 Å². The molecular weight excluding hydrogens is 342 g/mol. The molecule has 0 unspecified atom stereocenters. The fourth-order valence-corrected chi connectivity index (χ4v) is 2.86. The van der Waals surface area contributed by atoms with E-state index in [1.54, 1.807) is 36.8 Å². The summed E-state index contributed by atoms with van der Waals surface area (Å²) in [6.07, 6.45) is 3.11. The lowest BCUT2D eigenvalue weighted by Gasteiger charge is -2.11. The molecule has 0 atom stereocenters. The van der Waals surface area contributed by atoms with Crippen molar-refractivity contribution in [2.75, 3.05) is 13.7 Å². The van der Waals surface area contributed by atoms with Crippen LogP contribution in [-0.4, -0.2) is 24.3 Å². The zero-order valence-corrected chi connectivity index (χ0v) is 15.3. The Bertz CT molecular complexity index is 1030. The number of carbonyl (C=O) groups excluding carboxylic acids is 1. The van der Waals surface area contributed by atoms with Crippen LogP contribution in [0.2, 0.25) is 0 Å². The van der Waals surface area contributed by atoms with E-state index in [4.69, 9.17) is 9.47 Å². The minimum absolute atomic E-state index is 0.0619. The standard InChI is InChI=1S/C22H21NO4/c1-3-27-22(25)13-7-16-6-11-20-18(14-16)8-12-21(24)23(20)15-17-4-9-19(26-2)10-5-17/h4-14H,3,15H2,1-2H3/b13-7+. The second-order valence-electron chi connectivity index (χ2n) is 6.01. The van der Waals surface area contributed by atoms with Crippen molar-refractivity contribution in [1.82, 2.24) is 4.57 Å². The van der Waals surface area contributed by atoms with Crippen LogP contribution in [0.4, 0.5) is 0 Å².